The summed E-state index contributed by atoms with van der Waals surface area (Å²) in [6.07, 6.45) is 2.97. The molecule has 0 radical (unpaired) electrons. The number of aromatic nitrogens is 2. The molecule has 2 aromatic heterocycles. The van der Waals surface area contributed by atoms with Gasteiger partial charge in [-0.3, -0.25) is 14.6 Å². The maximum Gasteiger partial charge on any atom is 0.247 e. The summed E-state index contributed by atoms with van der Waals surface area (Å²) in [7, 11) is 0. The zero-order valence-electron chi connectivity index (χ0n) is 14.6. The van der Waals surface area contributed by atoms with Gasteiger partial charge < -0.3 is 4.98 Å². The van der Waals surface area contributed by atoms with E-state index >= 15 is 0 Å². The lowest BCUT2D eigenvalue weighted by atomic mass is 9.87. The van der Waals surface area contributed by atoms with Gasteiger partial charge in [0.2, 0.25) is 5.56 Å². The van der Waals surface area contributed by atoms with Crippen LogP contribution in [0.15, 0.2) is 59.7 Å². The maximum absolute atomic E-state index is 14.4. The summed E-state index contributed by atoms with van der Waals surface area (Å²) in [4.78, 5) is 30.6. The van der Waals surface area contributed by atoms with Gasteiger partial charge in [-0.15, -0.1) is 0 Å². The van der Waals surface area contributed by atoms with E-state index in [2.05, 4.69) is 9.97 Å². The molecule has 1 atom stereocenters. The van der Waals surface area contributed by atoms with Crippen LogP contribution < -0.4 is 5.56 Å². The number of halogens is 1. The van der Waals surface area contributed by atoms with E-state index < -0.39 is 11.7 Å². The Balaban J connectivity index is 2.01. The molecule has 0 saturated heterocycles. The third-order valence-corrected chi connectivity index (χ3v) is 4.55. The standard InChI is InChI=1S/C21H19FN2O2/c1-13-5-6-15(10-14(13)2)17(21-18(22)4-3-9-23-21)11-19(25)16-7-8-20(26)24-12-16/h3-10,12,17H,11H2,1-2H3,(H,24,26)/t17-/m0/s1. The Bertz CT molecular complexity index is 990. The van der Waals surface area contributed by atoms with E-state index in [9.17, 15) is 14.0 Å². The lowest BCUT2D eigenvalue weighted by molar-refractivity contribution is 0.0976. The topological polar surface area (TPSA) is 62.8 Å². The van der Waals surface area contributed by atoms with Crippen LogP contribution in [-0.4, -0.2) is 15.8 Å². The SMILES string of the molecule is Cc1ccc([C@H](CC(=O)c2ccc(=O)[nH]c2)c2ncccc2F)cc1C. The van der Waals surface area contributed by atoms with E-state index in [1.807, 2.05) is 32.0 Å². The first-order chi connectivity index (χ1) is 12.5. The number of rotatable bonds is 5. The fourth-order valence-electron chi connectivity index (χ4n) is 2.90. The molecule has 3 rings (SSSR count). The minimum absolute atomic E-state index is 0.0580. The first-order valence-electron chi connectivity index (χ1n) is 8.35. The number of hydrogen-bond donors (Lipinski definition) is 1. The number of nitrogens with one attached hydrogen (secondary N) is 1. The summed E-state index contributed by atoms with van der Waals surface area (Å²) >= 11 is 0. The number of nitrogens with zero attached hydrogens (tertiary/aromatic N) is 1. The number of carbonyl (C=O) groups excluding carboxylic acids is 1. The molecule has 0 spiro atoms. The molecule has 0 saturated carbocycles. The molecular formula is C21H19FN2O2. The molecule has 0 aliphatic carbocycles. The summed E-state index contributed by atoms with van der Waals surface area (Å²) in [6.45, 7) is 3.98. The van der Waals surface area contributed by atoms with Crippen molar-refractivity contribution in [2.75, 3.05) is 0 Å². The van der Waals surface area contributed by atoms with Crippen molar-refractivity contribution in [3.8, 4) is 0 Å². The van der Waals surface area contributed by atoms with Gasteiger partial charge in [0.25, 0.3) is 0 Å². The van der Waals surface area contributed by atoms with Crippen LogP contribution in [0.2, 0.25) is 0 Å². The molecule has 0 fully saturated rings. The highest BCUT2D eigenvalue weighted by atomic mass is 19.1. The van der Waals surface area contributed by atoms with Crippen molar-refractivity contribution >= 4 is 5.78 Å². The number of benzene rings is 1. The number of aromatic amines is 1. The number of Topliss-reactive ketones (excluding diaryl/α,β-unsaturated/α-hetero) is 1. The van der Waals surface area contributed by atoms with Crippen LogP contribution in [0.25, 0.3) is 0 Å². The van der Waals surface area contributed by atoms with Gasteiger partial charge in [-0.05, 0) is 48.7 Å². The van der Waals surface area contributed by atoms with Crippen molar-refractivity contribution < 1.29 is 9.18 Å². The first kappa shape index (κ1) is 17.7. The Labute approximate surface area is 150 Å². The maximum atomic E-state index is 14.4. The number of hydrogen-bond acceptors (Lipinski definition) is 3. The van der Waals surface area contributed by atoms with Crippen LogP contribution >= 0.6 is 0 Å². The number of ketones is 1. The van der Waals surface area contributed by atoms with Gasteiger partial charge in [0.15, 0.2) is 5.78 Å². The molecule has 132 valence electrons. The van der Waals surface area contributed by atoms with Gasteiger partial charge in [-0.25, -0.2) is 4.39 Å². The highest BCUT2D eigenvalue weighted by molar-refractivity contribution is 5.96. The van der Waals surface area contributed by atoms with Crippen LogP contribution in [0.4, 0.5) is 4.39 Å². The van der Waals surface area contributed by atoms with E-state index in [1.54, 1.807) is 0 Å². The fraction of sp³-hybridized carbons (Fsp3) is 0.190. The van der Waals surface area contributed by atoms with E-state index in [0.29, 0.717) is 5.56 Å². The van der Waals surface area contributed by atoms with Gasteiger partial charge in [-0.1, -0.05) is 18.2 Å². The van der Waals surface area contributed by atoms with Crippen molar-refractivity contribution in [3.63, 3.8) is 0 Å². The second-order valence-corrected chi connectivity index (χ2v) is 6.34. The Morgan fingerprint density at radius 3 is 2.62 bits per heavy atom. The summed E-state index contributed by atoms with van der Waals surface area (Å²) in [5, 5.41) is 0. The van der Waals surface area contributed by atoms with E-state index in [0.717, 1.165) is 16.7 Å². The van der Waals surface area contributed by atoms with Crippen molar-refractivity contribution in [1.82, 2.24) is 9.97 Å². The van der Waals surface area contributed by atoms with Gasteiger partial charge >= 0.3 is 0 Å². The molecule has 0 amide bonds. The average Bonchev–Trinajstić information content (AvgIpc) is 2.63. The predicted octanol–water partition coefficient (Wildman–Crippen LogP) is 3.93. The molecule has 4 nitrogen and oxygen atoms in total. The third-order valence-electron chi connectivity index (χ3n) is 4.55. The Morgan fingerprint density at radius 1 is 1.15 bits per heavy atom. The van der Waals surface area contributed by atoms with Crippen LogP contribution in [0.5, 0.6) is 0 Å². The van der Waals surface area contributed by atoms with Crippen molar-refractivity contribution in [2.45, 2.75) is 26.2 Å². The smallest absolute Gasteiger partial charge is 0.247 e. The van der Waals surface area contributed by atoms with Gasteiger partial charge in [0.1, 0.15) is 5.82 Å². The zero-order chi connectivity index (χ0) is 18.7. The average molecular weight is 350 g/mol. The Kier molecular flexibility index (Phi) is 5.07. The van der Waals surface area contributed by atoms with E-state index in [4.69, 9.17) is 0 Å². The van der Waals surface area contributed by atoms with Crippen molar-refractivity contribution in [1.29, 1.82) is 0 Å². The Morgan fingerprint density at radius 2 is 1.96 bits per heavy atom. The number of carbonyl (C=O) groups is 1. The van der Waals surface area contributed by atoms with Gasteiger partial charge in [0, 0.05) is 36.4 Å². The second kappa shape index (κ2) is 7.44. The molecule has 1 aromatic carbocycles. The molecule has 1 N–H and O–H groups in total. The molecule has 5 heteroatoms. The highest BCUT2D eigenvalue weighted by Crippen LogP contribution is 2.30. The Hall–Kier alpha value is -3.08. The minimum atomic E-state index is -0.505. The number of aryl methyl sites for hydroxylation is 2. The van der Waals surface area contributed by atoms with E-state index in [-0.39, 0.29) is 23.5 Å². The first-order valence-corrected chi connectivity index (χ1v) is 8.35. The lowest BCUT2D eigenvalue weighted by Gasteiger charge is -2.18. The largest absolute Gasteiger partial charge is 0.328 e. The molecule has 0 unspecified atom stereocenters. The fourth-order valence-corrected chi connectivity index (χ4v) is 2.90. The minimum Gasteiger partial charge on any atom is -0.328 e. The van der Waals surface area contributed by atoms with Crippen LogP contribution in [0, 0.1) is 19.7 Å². The predicted molar refractivity (Wildman–Crippen MR) is 98.0 cm³/mol. The number of pyridine rings is 2. The van der Waals surface area contributed by atoms with Gasteiger partial charge in [0.05, 0.1) is 5.69 Å². The van der Waals surface area contributed by atoms with E-state index in [1.165, 1.54) is 36.7 Å². The molecule has 2 heterocycles. The van der Waals surface area contributed by atoms with Crippen LogP contribution in [-0.2, 0) is 0 Å². The second-order valence-electron chi connectivity index (χ2n) is 6.34. The van der Waals surface area contributed by atoms with Crippen LogP contribution in [0.3, 0.4) is 0 Å². The monoisotopic (exact) mass is 350 g/mol. The van der Waals surface area contributed by atoms with Crippen LogP contribution in [0.1, 0.15) is 45.1 Å². The number of H-pyrrole nitrogens is 1. The van der Waals surface area contributed by atoms with Crippen molar-refractivity contribution in [3.05, 3.63) is 99.0 Å². The zero-order valence-corrected chi connectivity index (χ0v) is 14.6. The third kappa shape index (κ3) is 3.77. The summed E-state index contributed by atoms with van der Waals surface area (Å²) in [5.74, 6) is -1.13. The van der Waals surface area contributed by atoms with Crippen molar-refractivity contribution in [2.24, 2.45) is 0 Å². The highest BCUT2D eigenvalue weighted by Gasteiger charge is 2.23. The summed E-state index contributed by atoms with van der Waals surface area (Å²) < 4.78 is 14.4. The normalized spacial score (nSPS) is 12.0. The molecule has 0 aliphatic heterocycles. The molecule has 0 bridgehead atoms. The quantitative estimate of drug-likeness (QED) is 0.709. The lowest BCUT2D eigenvalue weighted by Crippen LogP contribution is -2.14. The summed E-state index contributed by atoms with van der Waals surface area (Å²) in [6, 6.07) is 11.5. The molecule has 26 heavy (non-hydrogen) atoms. The molecule has 0 aliphatic rings. The molecular weight excluding hydrogens is 331 g/mol. The molecule has 3 aromatic rings. The summed E-state index contributed by atoms with van der Waals surface area (Å²) in [5.41, 5.74) is 3.39. The van der Waals surface area contributed by atoms with Gasteiger partial charge in [-0.2, -0.15) is 0 Å².